The monoisotopic (exact) mass is 582 g/mol. The molecule has 2 aliphatic heterocycles. The van der Waals surface area contributed by atoms with Crippen molar-refractivity contribution in [1.82, 2.24) is 0 Å². The third-order valence-electron chi connectivity index (χ3n) is 8.26. The van der Waals surface area contributed by atoms with Gasteiger partial charge in [0, 0.05) is 32.3 Å². The number of unbranched alkanes of at least 4 members (excludes halogenated alkanes) is 6. The second-order valence-electron chi connectivity index (χ2n) is 11.7. The molecule has 0 saturated carbocycles. The summed E-state index contributed by atoms with van der Waals surface area (Å²) in [5.41, 5.74) is 2.58. The van der Waals surface area contributed by atoms with Crippen LogP contribution in [0.2, 0.25) is 0 Å². The average Bonchev–Trinajstić information content (AvgIpc) is 3.05. The van der Waals surface area contributed by atoms with Gasteiger partial charge in [-0.05, 0) is 112 Å². The van der Waals surface area contributed by atoms with E-state index in [4.69, 9.17) is 28.4 Å². The molecule has 2 aliphatic rings. The van der Waals surface area contributed by atoms with E-state index < -0.39 is 0 Å². The van der Waals surface area contributed by atoms with Gasteiger partial charge in [0.2, 0.25) is 0 Å². The van der Waals surface area contributed by atoms with Crippen LogP contribution in [0.4, 0.5) is 0 Å². The first-order chi connectivity index (χ1) is 20.8. The smallest absolute Gasteiger partial charge is 0.157 e. The molecule has 6 heteroatoms. The molecule has 0 bridgehead atoms. The van der Waals surface area contributed by atoms with Crippen molar-refractivity contribution in [3.8, 4) is 11.5 Å². The minimum atomic E-state index is 0.0322. The van der Waals surface area contributed by atoms with Gasteiger partial charge in [0.15, 0.2) is 12.6 Å². The maximum absolute atomic E-state index is 5.98. The van der Waals surface area contributed by atoms with Crippen LogP contribution in [0.15, 0.2) is 48.5 Å². The van der Waals surface area contributed by atoms with Gasteiger partial charge in [0.05, 0.1) is 13.2 Å². The Hall–Kier alpha value is -2.12. The van der Waals surface area contributed by atoms with E-state index in [1.807, 2.05) is 0 Å². The second kappa shape index (κ2) is 20.0. The second-order valence-corrected chi connectivity index (χ2v) is 11.7. The molecular weight excluding hydrogens is 528 g/mol. The molecule has 6 nitrogen and oxygen atoms in total. The Morgan fingerprint density at radius 2 is 0.952 bits per heavy atom. The highest BCUT2D eigenvalue weighted by atomic mass is 16.7. The molecule has 2 atom stereocenters. The van der Waals surface area contributed by atoms with E-state index in [1.54, 1.807) is 0 Å². The first-order valence-electron chi connectivity index (χ1n) is 16.7. The molecule has 4 rings (SSSR count). The van der Waals surface area contributed by atoms with Gasteiger partial charge in [-0.15, -0.1) is 0 Å². The van der Waals surface area contributed by atoms with E-state index in [9.17, 15) is 0 Å². The van der Waals surface area contributed by atoms with Crippen LogP contribution in [0, 0.1) is 0 Å². The molecule has 2 unspecified atom stereocenters. The minimum Gasteiger partial charge on any atom is -0.494 e. The predicted molar refractivity (Wildman–Crippen MR) is 167 cm³/mol. The van der Waals surface area contributed by atoms with Crippen molar-refractivity contribution in [2.24, 2.45) is 0 Å². The summed E-state index contributed by atoms with van der Waals surface area (Å²) in [7, 11) is 0. The van der Waals surface area contributed by atoms with Gasteiger partial charge in [-0.1, -0.05) is 44.0 Å². The van der Waals surface area contributed by atoms with Crippen molar-refractivity contribution < 1.29 is 28.4 Å². The van der Waals surface area contributed by atoms with Crippen LogP contribution in [0.1, 0.15) is 114 Å². The number of rotatable bonds is 20. The quantitative estimate of drug-likeness (QED) is 0.145. The van der Waals surface area contributed by atoms with Crippen molar-refractivity contribution in [1.29, 1.82) is 0 Å². The van der Waals surface area contributed by atoms with E-state index in [0.29, 0.717) is 5.92 Å². The number of hydrogen-bond acceptors (Lipinski definition) is 6. The summed E-state index contributed by atoms with van der Waals surface area (Å²) in [4.78, 5) is 0. The van der Waals surface area contributed by atoms with Crippen molar-refractivity contribution in [3.05, 3.63) is 59.7 Å². The number of benzene rings is 2. The topological polar surface area (TPSA) is 55.4 Å². The third kappa shape index (κ3) is 12.6. The molecule has 0 N–H and O–H groups in total. The SMILES string of the molecule is CC(c1ccc(OCCCCCCOC2CCCCO2)cc1)c1ccc(OCCCCCCOC2CCCCO2)cc1. The highest BCUT2D eigenvalue weighted by Crippen LogP contribution is 2.27. The zero-order chi connectivity index (χ0) is 29.1. The first kappa shape index (κ1) is 32.8. The molecule has 0 aliphatic carbocycles. The standard InChI is InChI=1S/C36H54O6/c1-30(31-16-20-33(21-17-31)37-24-8-2-4-10-26-39-35-14-6-12-28-41-35)32-18-22-34(23-19-32)38-25-9-3-5-11-27-40-36-15-7-13-29-42-36/h16-23,30,35-36H,2-15,24-29H2,1H3. The maximum atomic E-state index is 5.98. The van der Waals surface area contributed by atoms with Gasteiger partial charge in [-0.3, -0.25) is 0 Å². The summed E-state index contributed by atoms with van der Waals surface area (Å²) in [6.45, 7) is 7.06. The zero-order valence-corrected chi connectivity index (χ0v) is 25.9. The molecule has 234 valence electrons. The molecule has 0 amide bonds. The van der Waals surface area contributed by atoms with Gasteiger partial charge in [0.1, 0.15) is 11.5 Å². The normalized spacial score (nSPS) is 19.8. The lowest BCUT2D eigenvalue weighted by atomic mass is 9.93. The molecular formula is C36H54O6. The van der Waals surface area contributed by atoms with Crippen molar-refractivity contribution >= 4 is 0 Å². The van der Waals surface area contributed by atoms with Crippen molar-refractivity contribution in [2.75, 3.05) is 39.6 Å². The van der Waals surface area contributed by atoms with Gasteiger partial charge in [-0.2, -0.15) is 0 Å². The van der Waals surface area contributed by atoms with Gasteiger partial charge in [0.25, 0.3) is 0 Å². The zero-order valence-electron chi connectivity index (χ0n) is 25.9. The molecule has 0 spiro atoms. The van der Waals surface area contributed by atoms with Crippen LogP contribution in [0.5, 0.6) is 11.5 Å². The van der Waals surface area contributed by atoms with Gasteiger partial charge < -0.3 is 28.4 Å². The molecule has 2 heterocycles. The Balaban J connectivity index is 1.02. The highest BCUT2D eigenvalue weighted by Gasteiger charge is 2.14. The summed E-state index contributed by atoms with van der Waals surface area (Å²) >= 11 is 0. The average molecular weight is 583 g/mol. The first-order valence-corrected chi connectivity index (χ1v) is 16.7. The Labute approximate surface area is 254 Å². The molecule has 0 aromatic heterocycles. The van der Waals surface area contributed by atoms with E-state index in [-0.39, 0.29) is 12.6 Å². The Kier molecular flexibility index (Phi) is 15.6. The fourth-order valence-corrected chi connectivity index (χ4v) is 5.51. The summed E-state index contributed by atoms with van der Waals surface area (Å²) in [5.74, 6) is 2.20. The number of hydrogen-bond donors (Lipinski definition) is 0. The van der Waals surface area contributed by atoms with Crippen LogP contribution < -0.4 is 9.47 Å². The Morgan fingerprint density at radius 1 is 0.548 bits per heavy atom. The maximum Gasteiger partial charge on any atom is 0.157 e. The molecule has 42 heavy (non-hydrogen) atoms. The number of ether oxygens (including phenoxy) is 6. The van der Waals surface area contributed by atoms with Crippen LogP contribution in [-0.4, -0.2) is 52.2 Å². The van der Waals surface area contributed by atoms with E-state index >= 15 is 0 Å². The molecule has 0 radical (unpaired) electrons. The lowest BCUT2D eigenvalue weighted by Gasteiger charge is -2.22. The van der Waals surface area contributed by atoms with Gasteiger partial charge in [-0.25, -0.2) is 0 Å². The fraction of sp³-hybridized carbons (Fsp3) is 0.667. The van der Waals surface area contributed by atoms with Gasteiger partial charge >= 0.3 is 0 Å². The summed E-state index contributed by atoms with van der Waals surface area (Å²) in [5, 5.41) is 0. The van der Waals surface area contributed by atoms with Crippen LogP contribution >= 0.6 is 0 Å². The summed E-state index contributed by atoms with van der Waals surface area (Å²) in [6.07, 6.45) is 15.9. The Morgan fingerprint density at radius 3 is 1.33 bits per heavy atom. The minimum absolute atomic E-state index is 0.0322. The largest absolute Gasteiger partial charge is 0.494 e. The van der Waals surface area contributed by atoms with E-state index in [2.05, 4.69) is 55.5 Å². The summed E-state index contributed by atoms with van der Waals surface area (Å²) < 4.78 is 34.8. The van der Waals surface area contributed by atoms with Crippen molar-refractivity contribution in [2.45, 2.75) is 115 Å². The molecule has 2 fully saturated rings. The lowest BCUT2D eigenvalue weighted by molar-refractivity contribution is -0.163. The molecule has 2 aromatic carbocycles. The van der Waals surface area contributed by atoms with Crippen LogP contribution in [0.25, 0.3) is 0 Å². The summed E-state index contributed by atoms with van der Waals surface area (Å²) in [6, 6.07) is 17.1. The molecule has 2 saturated heterocycles. The highest BCUT2D eigenvalue weighted by molar-refractivity contribution is 5.37. The predicted octanol–water partition coefficient (Wildman–Crippen LogP) is 8.80. The third-order valence-corrected chi connectivity index (χ3v) is 8.26. The van der Waals surface area contributed by atoms with E-state index in [1.165, 1.54) is 49.7 Å². The van der Waals surface area contributed by atoms with Crippen molar-refractivity contribution in [3.63, 3.8) is 0 Å². The van der Waals surface area contributed by atoms with Crippen LogP contribution in [-0.2, 0) is 18.9 Å². The Bertz CT molecular complexity index is 857. The lowest BCUT2D eigenvalue weighted by Crippen LogP contribution is -2.22. The van der Waals surface area contributed by atoms with E-state index in [0.717, 1.165) is 103 Å². The fourth-order valence-electron chi connectivity index (χ4n) is 5.51. The molecule has 2 aromatic rings. The van der Waals surface area contributed by atoms with Crippen LogP contribution in [0.3, 0.4) is 0 Å².